The first-order chi connectivity index (χ1) is 10.1. The van der Waals surface area contributed by atoms with Crippen molar-refractivity contribution in [1.29, 1.82) is 0 Å². The molecule has 0 aromatic heterocycles. The van der Waals surface area contributed by atoms with E-state index in [0.29, 0.717) is 19.1 Å². The van der Waals surface area contributed by atoms with Gasteiger partial charge in [-0.05, 0) is 30.0 Å². The molecule has 22 heavy (non-hydrogen) atoms. The molecule has 0 spiro atoms. The quantitative estimate of drug-likeness (QED) is 0.871. The number of aliphatic hydroxyl groups is 1. The van der Waals surface area contributed by atoms with Crippen molar-refractivity contribution in [3.05, 3.63) is 29.3 Å². The fraction of sp³-hybridized carbons (Fsp3) is 0.647. The third kappa shape index (κ3) is 5.76. The lowest BCUT2D eigenvalue weighted by atomic mass is 10.0. The second kappa shape index (κ2) is 9.36. The van der Waals surface area contributed by atoms with Crippen LogP contribution < -0.4 is 4.74 Å². The van der Waals surface area contributed by atoms with E-state index in [1.165, 1.54) is 11.1 Å². The Bertz CT molecular complexity index is 448. The first-order valence-electron chi connectivity index (χ1n) is 7.77. The lowest BCUT2D eigenvalue weighted by Crippen LogP contribution is -2.42. The van der Waals surface area contributed by atoms with Gasteiger partial charge in [0.2, 0.25) is 0 Å². The van der Waals surface area contributed by atoms with Gasteiger partial charge in [-0.15, -0.1) is 12.4 Å². The summed E-state index contributed by atoms with van der Waals surface area (Å²) in [5.74, 6) is 1.31. The molecular weight excluding hydrogens is 302 g/mol. The van der Waals surface area contributed by atoms with Crippen LogP contribution in [-0.4, -0.2) is 55.6 Å². The van der Waals surface area contributed by atoms with Gasteiger partial charge in [-0.2, -0.15) is 0 Å². The van der Waals surface area contributed by atoms with Gasteiger partial charge in [-0.1, -0.05) is 26.0 Å². The van der Waals surface area contributed by atoms with Gasteiger partial charge < -0.3 is 14.6 Å². The molecule has 1 aliphatic heterocycles. The minimum Gasteiger partial charge on any atom is -0.491 e. The molecule has 1 fully saturated rings. The van der Waals surface area contributed by atoms with Crippen LogP contribution in [0.3, 0.4) is 0 Å². The molecule has 2 rings (SSSR count). The third-order valence-corrected chi connectivity index (χ3v) is 3.79. The fourth-order valence-electron chi connectivity index (χ4n) is 2.56. The van der Waals surface area contributed by atoms with Crippen LogP contribution >= 0.6 is 12.4 Å². The Balaban J connectivity index is 0.00000242. The zero-order valence-electron chi connectivity index (χ0n) is 13.7. The summed E-state index contributed by atoms with van der Waals surface area (Å²) in [6, 6.07) is 6.27. The molecule has 0 bridgehead atoms. The Morgan fingerprint density at radius 2 is 1.95 bits per heavy atom. The summed E-state index contributed by atoms with van der Waals surface area (Å²) < 4.78 is 11.2. The van der Waals surface area contributed by atoms with Crippen LogP contribution in [0.2, 0.25) is 0 Å². The molecule has 1 unspecified atom stereocenters. The first kappa shape index (κ1) is 19.2. The van der Waals surface area contributed by atoms with Gasteiger partial charge >= 0.3 is 0 Å². The van der Waals surface area contributed by atoms with Crippen LogP contribution in [0.5, 0.6) is 5.75 Å². The SMILES string of the molecule is Cc1ccc(C(C)C)c(OCC(O)CN2CCOCC2)c1.Cl. The van der Waals surface area contributed by atoms with Crippen molar-refractivity contribution in [3.63, 3.8) is 0 Å². The Morgan fingerprint density at radius 1 is 1.27 bits per heavy atom. The van der Waals surface area contributed by atoms with Crippen LogP contribution in [0.15, 0.2) is 18.2 Å². The maximum Gasteiger partial charge on any atom is 0.123 e. The molecule has 126 valence electrons. The second-order valence-electron chi connectivity index (χ2n) is 6.07. The summed E-state index contributed by atoms with van der Waals surface area (Å²) in [6.45, 7) is 10.6. The minimum absolute atomic E-state index is 0. The van der Waals surface area contributed by atoms with Crippen LogP contribution in [0, 0.1) is 6.92 Å². The van der Waals surface area contributed by atoms with Crippen LogP contribution in [0.1, 0.15) is 30.9 Å². The van der Waals surface area contributed by atoms with Crippen molar-refractivity contribution in [1.82, 2.24) is 4.90 Å². The number of aryl methyl sites for hydroxylation is 1. The summed E-state index contributed by atoms with van der Waals surface area (Å²) in [6.07, 6.45) is -0.469. The van der Waals surface area contributed by atoms with Crippen molar-refractivity contribution < 1.29 is 14.6 Å². The molecule has 1 N–H and O–H groups in total. The second-order valence-corrected chi connectivity index (χ2v) is 6.07. The zero-order chi connectivity index (χ0) is 15.2. The topological polar surface area (TPSA) is 41.9 Å². The van der Waals surface area contributed by atoms with Gasteiger partial charge in [0.1, 0.15) is 18.5 Å². The predicted molar refractivity (Wildman–Crippen MR) is 91.3 cm³/mol. The van der Waals surface area contributed by atoms with Crippen LogP contribution in [0.25, 0.3) is 0 Å². The average Bonchev–Trinajstić information content (AvgIpc) is 2.46. The first-order valence-corrected chi connectivity index (χ1v) is 7.77. The number of β-amino-alcohol motifs (C(OH)–C–C–N with tert-alkyl or cyclic N) is 1. The molecular formula is C17H28ClNO3. The van der Waals surface area contributed by atoms with Gasteiger partial charge in [-0.25, -0.2) is 0 Å². The van der Waals surface area contributed by atoms with Crippen molar-refractivity contribution >= 4 is 12.4 Å². The molecule has 1 atom stereocenters. The van der Waals surface area contributed by atoms with E-state index in [4.69, 9.17) is 9.47 Å². The van der Waals surface area contributed by atoms with Gasteiger partial charge in [0.25, 0.3) is 0 Å². The highest BCUT2D eigenvalue weighted by atomic mass is 35.5. The van der Waals surface area contributed by atoms with E-state index < -0.39 is 6.10 Å². The monoisotopic (exact) mass is 329 g/mol. The molecule has 1 aromatic carbocycles. The lowest BCUT2D eigenvalue weighted by molar-refractivity contribution is 0.00455. The highest BCUT2D eigenvalue weighted by Crippen LogP contribution is 2.27. The van der Waals surface area contributed by atoms with Gasteiger partial charge in [0.15, 0.2) is 0 Å². The smallest absolute Gasteiger partial charge is 0.123 e. The molecule has 0 aliphatic carbocycles. The number of aliphatic hydroxyl groups excluding tert-OH is 1. The fourth-order valence-corrected chi connectivity index (χ4v) is 2.56. The number of halogens is 1. The standard InChI is InChI=1S/C17H27NO3.ClH/c1-13(2)16-5-4-14(3)10-17(16)21-12-15(19)11-18-6-8-20-9-7-18;/h4-5,10,13,15,19H,6-9,11-12H2,1-3H3;1H. The number of hydrogen-bond acceptors (Lipinski definition) is 4. The van der Waals surface area contributed by atoms with E-state index >= 15 is 0 Å². The lowest BCUT2D eigenvalue weighted by Gasteiger charge is -2.28. The van der Waals surface area contributed by atoms with E-state index in [1.807, 2.05) is 0 Å². The average molecular weight is 330 g/mol. The summed E-state index contributed by atoms with van der Waals surface area (Å²) >= 11 is 0. The Labute approximate surface area is 139 Å². The molecule has 1 aromatic rings. The zero-order valence-corrected chi connectivity index (χ0v) is 14.6. The predicted octanol–water partition coefficient (Wildman–Crippen LogP) is 2.61. The number of hydrogen-bond donors (Lipinski definition) is 1. The molecule has 5 heteroatoms. The molecule has 0 amide bonds. The number of rotatable bonds is 6. The Kier molecular flexibility index (Phi) is 8.18. The Morgan fingerprint density at radius 3 is 2.59 bits per heavy atom. The maximum atomic E-state index is 10.2. The van der Waals surface area contributed by atoms with Gasteiger partial charge in [0.05, 0.1) is 13.2 Å². The van der Waals surface area contributed by atoms with E-state index in [1.54, 1.807) is 0 Å². The van der Waals surface area contributed by atoms with Gasteiger partial charge in [-0.3, -0.25) is 4.90 Å². The number of benzene rings is 1. The molecule has 1 aliphatic rings. The number of ether oxygens (including phenoxy) is 2. The molecule has 1 saturated heterocycles. The summed E-state index contributed by atoms with van der Waals surface area (Å²) in [5, 5.41) is 10.2. The normalized spacial score (nSPS) is 17.1. The van der Waals surface area contributed by atoms with Crippen molar-refractivity contribution in [2.45, 2.75) is 32.8 Å². The van der Waals surface area contributed by atoms with Crippen LogP contribution in [0.4, 0.5) is 0 Å². The van der Waals surface area contributed by atoms with Gasteiger partial charge in [0, 0.05) is 19.6 Å². The Hall–Kier alpha value is -0.810. The minimum atomic E-state index is -0.469. The summed E-state index contributed by atoms with van der Waals surface area (Å²) in [4.78, 5) is 2.22. The van der Waals surface area contributed by atoms with E-state index in [2.05, 4.69) is 43.9 Å². The van der Waals surface area contributed by atoms with Crippen molar-refractivity contribution in [3.8, 4) is 5.75 Å². The van der Waals surface area contributed by atoms with E-state index in [-0.39, 0.29) is 12.4 Å². The van der Waals surface area contributed by atoms with Crippen molar-refractivity contribution in [2.24, 2.45) is 0 Å². The number of nitrogens with zero attached hydrogens (tertiary/aromatic N) is 1. The molecule has 0 radical (unpaired) electrons. The summed E-state index contributed by atoms with van der Waals surface area (Å²) in [5.41, 5.74) is 2.37. The van der Waals surface area contributed by atoms with Crippen LogP contribution in [-0.2, 0) is 4.74 Å². The molecule has 0 saturated carbocycles. The maximum absolute atomic E-state index is 10.2. The largest absolute Gasteiger partial charge is 0.491 e. The highest BCUT2D eigenvalue weighted by molar-refractivity contribution is 5.85. The van der Waals surface area contributed by atoms with E-state index in [0.717, 1.165) is 32.1 Å². The molecule has 1 heterocycles. The van der Waals surface area contributed by atoms with Crippen molar-refractivity contribution in [2.75, 3.05) is 39.5 Å². The summed E-state index contributed by atoms with van der Waals surface area (Å²) in [7, 11) is 0. The third-order valence-electron chi connectivity index (χ3n) is 3.79. The molecule has 4 nitrogen and oxygen atoms in total. The van der Waals surface area contributed by atoms with E-state index in [9.17, 15) is 5.11 Å². The number of morpholine rings is 1. The highest BCUT2D eigenvalue weighted by Gasteiger charge is 2.16.